The lowest BCUT2D eigenvalue weighted by molar-refractivity contribution is -0.151. The maximum atomic E-state index is 12.0. The van der Waals surface area contributed by atoms with Crippen LogP contribution in [0.25, 0.3) is 0 Å². The topological polar surface area (TPSA) is 47.6 Å². The molecule has 0 fully saturated rings. The average molecular weight is 279 g/mol. The van der Waals surface area contributed by atoms with Crippen molar-refractivity contribution in [3.63, 3.8) is 0 Å². The number of rotatable bonds is 6. The summed E-state index contributed by atoms with van der Waals surface area (Å²) in [4.78, 5) is 12.0. The van der Waals surface area contributed by atoms with Crippen LogP contribution in [0.15, 0.2) is 12.1 Å². The van der Waals surface area contributed by atoms with Crippen molar-refractivity contribution in [2.24, 2.45) is 0 Å². The van der Waals surface area contributed by atoms with Crippen LogP contribution >= 0.6 is 0 Å². The summed E-state index contributed by atoms with van der Waals surface area (Å²) < 4.78 is 10.9. The van der Waals surface area contributed by atoms with Crippen LogP contribution in [0.1, 0.15) is 30.5 Å². The van der Waals surface area contributed by atoms with Gasteiger partial charge in [-0.05, 0) is 64.4 Å². The summed E-state index contributed by atoms with van der Waals surface area (Å²) in [6.07, 6.45) is 0. The summed E-state index contributed by atoms with van der Waals surface area (Å²) in [5, 5.41) is 2.98. The number of likely N-dealkylation sites (N-methyl/N-ethyl adjacent to an activating group) is 1. The highest BCUT2D eigenvalue weighted by Gasteiger charge is 2.34. The van der Waals surface area contributed by atoms with E-state index in [1.54, 1.807) is 20.9 Å². The van der Waals surface area contributed by atoms with Gasteiger partial charge in [-0.3, -0.25) is 0 Å². The maximum absolute atomic E-state index is 12.0. The number of nitrogens with one attached hydrogen (secondary N) is 1. The number of hydrogen-bond acceptors (Lipinski definition) is 4. The summed E-state index contributed by atoms with van der Waals surface area (Å²) in [6, 6.07) is 4.11. The van der Waals surface area contributed by atoms with Crippen molar-refractivity contribution in [1.29, 1.82) is 0 Å². The smallest absolute Gasteiger partial charge is 0.329 e. The molecule has 0 saturated heterocycles. The molecule has 1 aromatic carbocycles. The zero-order valence-electron chi connectivity index (χ0n) is 13.3. The minimum Gasteiger partial charge on any atom is -0.491 e. The van der Waals surface area contributed by atoms with Gasteiger partial charge in [0.25, 0.3) is 0 Å². The second-order valence-electron chi connectivity index (χ2n) is 5.30. The molecule has 0 amide bonds. The van der Waals surface area contributed by atoms with Crippen molar-refractivity contribution < 1.29 is 14.3 Å². The number of carbonyl (C=O) groups is 1. The van der Waals surface area contributed by atoms with Crippen LogP contribution in [0.2, 0.25) is 0 Å². The Hall–Kier alpha value is -1.55. The summed E-state index contributed by atoms with van der Waals surface area (Å²) in [5.74, 6) is 0.512. The Balaban J connectivity index is 2.86. The Kier molecular flexibility index (Phi) is 5.57. The minimum atomic E-state index is -0.847. The summed E-state index contributed by atoms with van der Waals surface area (Å²) in [6.45, 7) is 10.3. The van der Waals surface area contributed by atoms with E-state index in [-0.39, 0.29) is 12.6 Å². The molecule has 1 aromatic rings. The van der Waals surface area contributed by atoms with Crippen molar-refractivity contribution in [3.8, 4) is 5.75 Å². The summed E-state index contributed by atoms with van der Waals surface area (Å²) in [7, 11) is 1.73. The Labute approximate surface area is 121 Å². The lowest BCUT2D eigenvalue weighted by Gasteiger charge is -2.27. The molecule has 0 aliphatic heterocycles. The quantitative estimate of drug-likeness (QED) is 0.813. The third kappa shape index (κ3) is 3.73. The van der Waals surface area contributed by atoms with Crippen LogP contribution in [-0.2, 0) is 9.53 Å². The van der Waals surface area contributed by atoms with Gasteiger partial charge in [0, 0.05) is 0 Å². The monoisotopic (exact) mass is 279 g/mol. The molecule has 0 aliphatic carbocycles. The highest BCUT2D eigenvalue weighted by molar-refractivity contribution is 5.80. The van der Waals surface area contributed by atoms with Gasteiger partial charge in [0.1, 0.15) is 17.9 Å². The predicted molar refractivity (Wildman–Crippen MR) is 80.2 cm³/mol. The molecule has 1 atom stereocenters. The number of ether oxygens (including phenoxy) is 2. The van der Waals surface area contributed by atoms with Crippen LogP contribution in [0.4, 0.5) is 0 Å². The number of esters is 1. The van der Waals surface area contributed by atoms with E-state index in [1.165, 1.54) is 5.56 Å². The zero-order valence-corrected chi connectivity index (χ0v) is 13.3. The van der Waals surface area contributed by atoms with Gasteiger partial charge in [0.05, 0.1) is 6.61 Å². The molecule has 1 unspecified atom stereocenters. The van der Waals surface area contributed by atoms with Crippen molar-refractivity contribution >= 4 is 5.97 Å². The lowest BCUT2D eigenvalue weighted by Crippen LogP contribution is -2.53. The molecular formula is C16H25NO3. The van der Waals surface area contributed by atoms with Crippen LogP contribution in [0.5, 0.6) is 5.75 Å². The van der Waals surface area contributed by atoms with Gasteiger partial charge in [-0.2, -0.15) is 0 Å². The number of carbonyl (C=O) groups excluding carboxylic acids is 1. The first kappa shape index (κ1) is 16.5. The molecule has 0 heterocycles. The van der Waals surface area contributed by atoms with Crippen LogP contribution in [0, 0.1) is 20.8 Å². The molecule has 0 radical (unpaired) electrons. The van der Waals surface area contributed by atoms with Gasteiger partial charge >= 0.3 is 5.97 Å². The van der Waals surface area contributed by atoms with Crippen molar-refractivity contribution in [2.45, 2.75) is 40.2 Å². The van der Waals surface area contributed by atoms with E-state index in [1.807, 2.05) is 19.9 Å². The van der Waals surface area contributed by atoms with Gasteiger partial charge in [-0.15, -0.1) is 0 Å². The molecule has 4 nitrogen and oxygen atoms in total. The molecule has 4 heteroatoms. The predicted octanol–water partition coefficient (Wildman–Crippen LogP) is 2.53. The highest BCUT2D eigenvalue weighted by atomic mass is 16.5. The first-order valence-corrected chi connectivity index (χ1v) is 6.91. The third-order valence-corrected chi connectivity index (χ3v) is 3.56. The second kappa shape index (κ2) is 6.75. The van der Waals surface area contributed by atoms with Crippen LogP contribution in [0.3, 0.4) is 0 Å². The van der Waals surface area contributed by atoms with Gasteiger partial charge in [0.15, 0.2) is 0 Å². The van der Waals surface area contributed by atoms with E-state index >= 15 is 0 Å². The van der Waals surface area contributed by atoms with Gasteiger partial charge in [0.2, 0.25) is 0 Å². The molecular weight excluding hydrogens is 254 g/mol. The fourth-order valence-electron chi connectivity index (χ4n) is 1.90. The Morgan fingerprint density at radius 3 is 2.50 bits per heavy atom. The number of hydrogen-bond donors (Lipinski definition) is 1. The standard InChI is InChI=1S/C16H25NO3/c1-7-19-15(18)16(5,17-6)10-20-14-9-11(2)8-12(3)13(14)4/h8-9,17H,7,10H2,1-6H3. The largest absolute Gasteiger partial charge is 0.491 e. The minimum absolute atomic E-state index is 0.228. The Morgan fingerprint density at radius 2 is 1.95 bits per heavy atom. The van der Waals surface area contributed by atoms with Gasteiger partial charge < -0.3 is 14.8 Å². The molecule has 0 aromatic heterocycles. The van der Waals surface area contributed by atoms with E-state index in [0.29, 0.717) is 6.61 Å². The average Bonchev–Trinajstić information content (AvgIpc) is 2.41. The third-order valence-electron chi connectivity index (χ3n) is 3.56. The van der Waals surface area contributed by atoms with Crippen LogP contribution < -0.4 is 10.1 Å². The van der Waals surface area contributed by atoms with Crippen molar-refractivity contribution in [2.75, 3.05) is 20.3 Å². The van der Waals surface area contributed by atoms with E-state index in [0.717, 1.165) is 16.9 Å². The zero-order chi connectivity index (χ0) is 15.3. The molecule has 0 spiro atoms. The van der Waals surface area contributed by atoms with E-state index < -0.39 is 5.54 Å². The highest BCUT2D eigenvalue weighted by Crippen LogP contribution is 2.24. The normalized spacial score (nSPS) is 13.7. The lowest BCUT2D eigenvalue weighted by atomic mass is 10.0. The molecule has 20 heavy (non-hydrogen) atoms. The van der Waals surface area contributed by atoms with Gasteiger partial charge in [-0.1, -0.05) is 6.07 Å². The molecule has 0 bridgehead atoms. The maximum Gasteiger partial charge on any atom is 0.329 e. The molecule has 1 N–H and O–H groups in total. The first-order valence-electron chi connectivity index (χ1n) is 6.91. The molecule has 112 valence electrons. The van der Waals surface area contributed by atoms with E-state index in [9.17, 15) is 4.79 Å². The fraction of sp³-hybridized carbons (Fsp3) is 0.562. The SMILES string of the molecule is CCOC(=O)C(C)(COc1cc(C)cc(C)c1C)NC. The Morgan fingerprint density at radius 1 is 1.30 bits per heavy atom. The van der Waals surface area contributed by atoms with Gasteiger partial charge in [-0.25, -0.2) is 4.79 Å². The fourth-order valence-corrected chi connectivity index (χ4v) is 1.90. The van der Waals surface area contributed by atoms with Crippen LogP contribution in [-0.4, -0.2) is 31.8 Å². The molecule has 0 aliphatic rings. The van der Waals surface area contributed by atoms with Crippen molar-refractivity contribution in [1.82, 2.24) is 5.32 Å². The first-order chi connectivity index (χ1) is 9.34. The summed E-state index contributed by atoms with van der Waals surface area (Å²) >= 11 is 0. The van der Waals surface area contributed by atoms with Crippen molar-refractivity contribution in [3.05, 3.63) is 28.8 Å². The molecule has 1 rings (SSSR count). The summed E-state index contributed by atoms with van der Waals surface area (Å²) in [5.41, 5.74) is 2.57. The number of benzene rings is 1. The van der Waals surface area contributed by atoms with E-state index in [2.05, 4.69) is 18.3 Å². The number of aryl methyl sites for hydroxylation is 2. The molecule has 0 saturated carbocycles. The Bertz CT molecular complexity index is 485. The second-order valence-corrected chi connectivity index (χ2v) is 5.30. The van der Waals surface area contributed by atoms with E-state index in [4.69, 9.17) is 9.47 Å².